The molecule has 8 nitrogen and oxygen atoms in total. The van der Waals surface area contributed by atoms with Gasteiger partial charge >= 0.3 is 0 Å². The molecule has 0 aromatic heterocycles. The minimum atomic E-state index is -0.507. The smallest absolute Gasteiger partial charge is 0.293 e. The van der Waals surface area contributed by atoms with Crippen LogP contribution in [0.25, 0.3) is 0 Å². The first-order valence-corrected chi connectivity index (χ1v) is 5.47. The zero-order chi connectivity index (χ0) is 14.4. The number of ether oxygens (including phenoxy) is 1. The monoisotopic (exact) mass is 268 g/mol. The highest BCUT2D eigenvalue weighted by molar-refractivity contribution is 5.98. The summed E-state index contributed by atoms with van der Waals surface area (Å²) in [5.74, 6) is -0.172. The third-order valence-corrected chi connectivity index (χ3v) is 2.62. The fraction of sp³-hybridized carbons (Fsp3) is 0.364. The SMILES string of the molecule is COCCN(C)c1ccc(C(N)=NO)cc1[N+](=O)[O-]. The van der Waals surface area contributed by atoms with Crippen molar-refractivity contribution >= 4 is 17.2 Å². The maximum atomic E-state index is 11.1. The average molecular weight is 268 g/mol. The van der Waals surface area contributed by atoms with Crippen molar-refractivity contribution in [2.75, 3.05) is 32.2 Å². The van der Waals surface area contributed by atoms with Gasteiger partial charge in [0.15, 0.2) is 5.84 Å². The standard InChI is InChI=1S/C11H16N4O4/c1-14(5-6-19-2)9-4-3-8(11(12)13-16)7-10(9)15(17)18/h3-4,7,16H,5-6H2,1-2H3,(H2,12,13). The third kappa shape index (κ3) is 3.55. The van der Waals surface area contributed by atoms with E-state index in [1.807, 2.05) is 0 Å². The minimum Gasteiger partial charge on any atom is -0.409 e. The summed E-state index contributed by atoms with van der Waals surface area (Å²) in [5, 5.41) is 22.5. The Kier molecular flexibility index (Phi) is 5.07. The van der Waals surface area contributed by atoms with Crippen LogP contribution >= 0.6 is 0 Å². The number of nitrogens with two attached hydrogens (primary N) is 1. The second-order valence-corrected chi connectivity index (χ2v) is 3.86. The summed E-state index contributed by atoms with van der Waals surface area (Å²) in [6.07, 6.45) is 0. The quantitative estimate of drug-likeness (QED) is 0.259. The molecule has 0 unspecified atom stereocenters. The van der Waals surface area contributed by atoms with Crippen LogP contribution in [0, 0.1) is 10.1 Å². The number of methoxy groups -OCH3 is 1. The molecule has 0 fully saturated rings. The third-order valence-electron chi connectivity index (χ3n) is 2.62. The van der Waals surface area contributed by atoms with E-state index < -0.39 is 4.92 Å². The highest BCUT2D eigenvalue weighted by atomic mass is 16.6. The lowest BCUT2D eigenvalue weighted by Crippen LogP contribution is -2.23. The molecule has 0 radical (unpaired) electrons. The number of anilines is 1. The first-order chi connectivity index (χ1) is 9.01. The summed E-state index contributed by atoms with van der Waals surface area (Å²) in [5.41, 5.74) is 6.04. The van der Waals surface area contributed by atoms with Crippen LogP contribution in [0.1, 0.15) is 5.56 Å². The molecule has 0 saturated heterocycles. The molecule has 0 aliphatic carbocycles. The summed E-state index contributed by atoms with van der Waals surface area (Å²) in [7, 11) is 3.29. The fourth-order valence-corrected chi connectivity index (χ4v) is 1.56. The van der Waals surface area contributed by atoms with Crippen molar-refractivity contribution in [3.05, 3.63) is 33.9 Å². The maximum absolute atomic E-state index is 11.1. The molecule has 1 rings (SSSR count). The predicted molar refractivity (Wildman–Crippen MR) is 70.8 cm³/mol. The van der Waals surface area contributed by atoms with Gasteiger partial charge in [0.25, 0.3) is 5.69 Å². The van der Waals surface area contributed by atoms with Crippen molar-refractivity contribution < 1.29 is 14.9 Å². The van der Waals surface area contributed by atoms with Crippen LogP contribution in [-0.4, -0.2) is 43.3 Å². The second kappa shape index (κ2) is 6.55. The lowest BCUT2D eigenvalue weighted by Gasteiger charge is -2.18. The summed E-state index contributed by atoms with van der Waals surface area (Å²) in [6.45, 7) is 0.968. The molecule has 0 aliphatic rings. The van der Waals surface area contributed by atoms with E-state index in [2.05, 4.69) is 5.16 Å². The van der Waals surface area contributed by atoms with Crippen molar-refractivity contribution in [2.45, 2.75) is 0 Å². The number of benzene rings is 1. The number of nitrogens with zero attached hydrogens (tertiary/aromatic N) is 3. The van der Waals surface area contributed by atoms with Gasteiger partial charge in [0.2, 0.25) is 0 Å². The van der Waals surface area contributed by atoms with Gasteiger partial charge in [-0.05, 0) is 12.1 Å². The molecular formula is C11H16N4O4. The van der Waals surface area contributed by atoms with Crippen molar-refractivity contribution in [1.29, 1.82) is 0 Å². The Balaban J connectivity index is 3.15. The molecule has 3 N–H and O–H groups in total. The first-order valence-electron chi connectivity index (χ1n) is 5.47. The highest BCUT2D eigenvalue weighted by Gasteiger charge is 2.18. The lowest BCUT2D eigenvalue weighted by molar-refractivity contribution is -0.384. The summed E-state index contributed by atoms with van der Waals surface area (Å²) in [6, 6.07) is 4.38. The fourth-order valence-electron chi connectivity index (χ4n) is 1.56. The maximum Gasteiger partial charge on any atom is 0.293 e. The Labute approximate surface area is 110 Å². The van der Waals surface area contributed by atoms with Crippen LogP contribution in [-0.2, 0) is 4.74 Å². The molecule has 0 amide bonds. The Bertz CT molecular complexity index is 490. The van der Waals surface area contributed by atoms with Gasteiger partial charge < -0.3 is 20.6 Å². The summed E-state index contributed by atoms with van der Waals surface area (Å²) < 4.78 is 4.93. The largest absolute Gasteiger partial charge is 0.409 e. The summed E-state index contributed by atoms with van der Waals surface area (Å²) in [4.78, 5) is 12.3. The van der Waals surface area contributed by atoms with Crippen LogP contribution in [0.3, 0.4) is 0 Å². The molecule has 8 heteroatoms. The van der Waals surface area contributed by atoms with E-state index in [1.165, 1.54) is 6.07 Å². The molecule has 0 bridgehead atoms. The number of hydrogen-bond acceptors (Lipinski definition) is 6. The summed E-state index contributed by atoms with van der Waals surface area (Å²) >= 11 is 0. The van der Waals surface area contributed by atoms with Gasteiger partial charge in [-0.3, -0.25) is 10.1 Å². The predicted octanol–water partition coefficient (Wildman–Crippen LogP) is 0.772. The van der Waals surface area contributed by atoms with Crippen molar-refractivity contribution in [3.8, 4) is 0 Å². The molecule has 1 aromatic carbocycles. The van der Waals surface area contributed by atoms with Gasteiger partial charge in [0.1, 0.15) is 5.69 Å². The van der Waals surface area contributed by atoms with E-state index in [0.717, 1.165) is 0 Å². The van der Waals surface area contributed by atoms with Crippen LogP contribution in [0.5, 0.6) is 0 Å². The highest BCUT2D eigenvalue weighted by Crippen LogP contribution is 2.28. The topological polar surface area (TPSA) is 114 Å². The number of nitro groups is 1. The number of nitro benzene ring substituents is 1. The molecule has 0 aliphatic heterocycles. The number of amidine groups is 1. The van der Waals surface area contributed by atoms with E-state index in [1.54, 1.807) is 31.2 Å². The zero-order valence-corrected chi connectivity index (χ0v) is 10.7. The molecule has 0 saturated carbocycles. The van der Waals surface area contributed by atoms with Crippen LogP contribution in [0.15, 0.2) is 23.4 Å². The Morgan fingerprint density at radius 2 is 2.32 bits per heavy atom. The van der Waals surface area contributed by atoms with Crippen LogP contribution in [0.2, 0.25) is 0 Å². The van der Waals surface area contributed by atoms with E-state index >= 15 is 0 Å². The van der Waals surface area contributed by atoms with Crippen molar-refractivity contribution in [1.82, 2.24) is 0 Å². The number of hydrogen-bond donors (Lipinski definition) is 2. The van der Waals surface area contributed by atoms with Gasteiger partial charge in [0.05, 0.1) is 11.5 Å². The van der Waals surface area contributed by atoms with Gasteiger partial charge in [-0.2, -0.15) is 0 Å². The second-order valence-electron chi connectivity index (χ2n) is 3.86. The molecular weight excluding hydrogens is 252 g/mol. The minimum absolute atomic E-state index is 0.109. The molecule has 19 heavy (non-hydrogen) atoms. The molecule has 0 heterocycles. The first kappa shape index (κ1) is 14.7. The Morgan fingerprint density at radius 3 is 2.84 bits per heavy atom. The molecule has 0 spiro atoms. The van der Waals surface area contributed by atoms with Gasteiger partial charge in [-0.25, -0.2) is 0 Å². The van der Waals surface area contributed by atoms with Gasteiger partial charge in [0, 0.05) is 32.3 Å². The lowest BCUT2D eigenvalue weighted by atomic mass is 10.1. The van der Waals surface area contributed by atoms with Gasteiger partial charge in [-0.1, -0.05) is 5.16 Å². The molecule has 1 aromatic rings. The van der Waals surface area contributed by atoms with E-state index in [-0.39, 0.29) is 17.1 Å². The number of rotatable bonds is 6. The van der Waals surface area contributed by atoms with Crippen LogP contribution < -0.4 is 10.6 Å². The van der Waals surface area contributed by atoms with E-state index in [4.69, 9.17) is 15.7 Å². The number of oxime groups is 1. The normalized spacial score (nSPS) is 11.4. The van der Waals surface area contributed by atoms with Crippen LogP contribution in [0.4, 0.5) is 11.4 Å². The number of likely N-dealkylation sites (N-methyl/N-ethyl adjacent to an activating group) is 1. The Morgan fingerprint density at radius 1 is 1.63 bits per heavy atom. The average Bonchev–Trinajstić information content (AvgIpc) is 2.43. The van der Waals surface area contributed by atoms with Crippen molar-refractivity contribution in [2.24, 2.45) is 10.9 Å². The van der Waals surface area contributed by atoms with Gasteiger partial charge in [-0.15, -0.1) is 0 Å². The van der Waals surface area contributed by atoms with E-state index in [9.17, 15) is 10.1 Å². The molecule has 0 atom stereocenters. The van der Waals surface area contributed by atoms with E-state index in [0.29, 0.717) is 18.8 Å². The molecule has 104 valence electrons. The van der Waals surface area contributed by atoms with Crippen molar-refractivity contribution in [3.63, 3.8) is 0 Å². The Hall–Kier alpha value is -2.35. The zero-order valence-electron chi connectivity index (χ0n) is 10.7.